The average molecular weight is 441 g/mol. The van der Waals surface area contributed by atoms with Gasteiger partial charge in [0.05, 0.1) is 24.2 Å². The number of ketones is 2. The SMILES string of the molecule is CC(C)C(NC(=O)OCc1ccccc1)C(=O)CC1Cn2cc(nn2)CCNC(=O)C1=O. The Morgan fingerprint density at radius 2 is 2.00 bits per heavy atom. The average Bonchev–Trinajstić information content (AvgIpc) is 3.21. The molecule has 0 saturated heterocycles. The highest BCUT2D eigenvalue weighted by molar-refractivity contribution is 6.37. The Balaban J connectivity index is 1.65. The fourth-order valence-corrected chi connectivity index (χ4v) is 3.47. The Bertz CT molecular complexity index is 972. The van der Waals surface area contributed by atoms with Crippen LogP contribution in [-0.4, -0.2) is 51.1 Å². The predicted octanol–water partition coefficient (Wildman–Crippen LogP) is 1.05. The van der Waals surface area contributed by atoms with Crippen molar-refractivity contribution in [3.63, 3.8) is 0 Å². The zero-order valence-electron chi connectivity index (χ0n) is 18.1. The predicted molar refractivity (Wildman–Crippen MR) is 113 cm³/mol. The number of carbonyl (C=O) groups excluding carboxylic acids is 4. The van der Waals surface area contributed by atoms with Crippen molar-refractivity contribution in [2.75, 3.05) is 6.54 Å². The summed E-state index contributed by atoms with van der Waals surface area (Å²) in [4.78, 5) is 50.2. The van der Waals surface area contributed by atoms with Gasteiger partial charge in [-0.15, -0.1) is 5.10 Å². The molecule has 0 fully saturated rings. The molecule has 0 spiro atoms. The van der Waals surface area contributed by atoms with Gasteiger partial charge in [0.25, 0.3) is 5.91 Å². The van der Waals surface area contributed by atoms with E-state index in [2.05, 4.69) is 20.9 Å². The summed E-state index contributed by atoms with van der Waals surface area (Å²) in [6, 6.07) is 8.31. The molecule has 0 aliphatic carbocycles. The van der Waals surface area contributed by atoms with Gasteiger partial charge >= 0.3 is 6.09 Å². The molecule has 2 heterocycles. The number of aromatic nitrogens is 3. The summed E-state index contributed by atoms with van der Waals surface area (Å²) in [5.41, 5.74) is 1.51. The number of rotatable bonds is 7. The fourth-order valence-electron chi connectivity index (χ4n) is 3.47. The van der Waals surface area contributed by atoms with Crippen LogP contribution in [-0.2, 0) is 38.7 Å². The molecule has 2 bridgehead atoms. The zero-order valence-corrected chi connectivity index (χ0v) is 18.1. The monoisotopic (exact) mass is 441 g/mol. The van der Waals surface area contributed by atoms with Crippen LogP contribution in [0.15, 0.2) is 36.5 Å². The van der Waals surface area contributed by atoms with E-state index in [1.165, 1.54) is 4.68 Å². The summed E-state index contributed by atoms with van der Waals surface area (Å²) in [6.07, 6.45) is 1.22. The number of nitrogens with one attached hydrogen (secondary N) is 2. The van der Waals surface area contributed by atoms with Crippen LogP contribution >= 0.6 is 0 Å². The molecule has 1 aliphatic rings. The minimum atomic E-state index is -0.918. The summed E-state index contributed by atoms with van der Waals surface area (Å²) < 4.78 is 6.69. The Labute approximate surface area is 185 Å². The molecular formula is C22H27N5O5. The molecular weight excluding hydrogens is 414 g/mol. The highest BCUT2D eigenvalue weighted by Gasteiger charge is 2.33. The maximum Gasteiger partial charge on any atom is 0.408 e. The number of Topliss-reactive ketones (excluding diaryl/α,β-unsaturated/α-hetero) is 2. The van der Waals surface area contributed by atoms with Gasteiger partial charge in [0.2, 0.25) is 5.78 Å². The Morgan fingerprint density at radius 3 is 2.72 bits per heavy atom. The molecule has 1 aromatic carbocycles. The number of alkyl carbamates (subject to hydrolysis) is 1. The smallest absolute Gasteiger partial charge is 0.408 e. The lowest BCUT2D eigenvalue weighted by atomic mass is 9.90. The number of nitrogens with zero attached hydrogens (tertiary/aromatic N) is 3. The third-order valence-electron chi connectivity index (χ3n) is 5.20. The summed E-state index contributed by atoms with van der Waals surface area (Å²) >= 11 is 0. The van der Waals surface area contributed by atoms with E-state index < -0.39 is 29.7 Å². The lowest BCUT2D eigenvalue weighted by molar-refractivity contribution is -0.141. The molecule has 170 valence electrons. The largest absolute Gasteiger partial charge is 0.445 e. The summed E-state index contributed by atoms with van der Waals surface area (Å²) in [5.74, 6) is -2.94. The standard InChI is InChI=1S/C22H27N5O5/c1-14(2)19(24-22(31)32-13-15-6-4-3-5-7-15)18(28)10-16-11-27-12-17(25-26-27)8-9-23-21(30)20(16)29/h3-7,12,14,16,19H,8-11,13H2,1-2H3,(H,23,30)(H,24,31). The fraction of sp³-hybridized carbons (Fsp3) is 0.455. The van der Waals surface area contributed by atoms with Crippen LogP contribution in [0.4, 0.5) is 4.79 Å². The molecule has 1 aromatic heterocycles. The summed E-state index contributed by atoms with van der Waals surface area (Å²) in [7, 11) is 0. The number of hydrogen-bond acceptors (Lipinski definition) is 7. The van der Waals surface area contributed by atoms with Gasteiger partial charge in [-0.25, -0.2) is 4.79 Å². The Kier molecular flexibility index (Phi) is 7.69. The number of amides is 2. The Hall–Kier alpha value is -3.56. The van der Waals surface area contributed by atoms with Crippen molar-refractivity contribution in [2.45, 2.75) is 45.9 Å². The van der Waals surface area contributed by atoms with E-state index in [9.17, 15) is 19.2 Å². The van der Waals surface area contributed by atoms with Crippen LogP contribution in [0, 0.1) is 11.8 Å². The Morgan fingerprint density at radius 1 is 1.25 bits per heavy atom. The van der Waals surface area contributed by atoms with Gasteiger partial charge in [0.1, 0.15) is 6.61 Å². The normalized spacial score (nSPS) is 17.4. The van der Waals surface area contributed by atoms with Gasteiger partial charge in [-0.1, -0.05) is 49.4 Å². The maximum atomic E-state index is 13.0. The summed E-state index contributed by atoms with van der Waals surface area (Å²) in [6.45, 7) is 3.94. The molecule has 2 unspecified atom stereocenters. The zero-order chi connectivity index (χ0) is 23.1. The lowest BCUT2D eigenvalue weighted by Crippen LogP contribution is -2.46. The van der Waals surface area contributed by atoms with Crippen LogP contribution in [0.3, 0.4) is 0 Å². The van der Waals surface area contributed by atoms with E-state index >= 15 is 0 Å². The van der Waals surface area contributed by atoms with Crippen LogP contribution in [0.5, 0.6) is 0 Å². The maximum absolute atomic E-state index is 13.0. The minimum Gasteiger partial charge on any atom is -0.445 e. The van der Waals surface area contributed by atoms with Gasteiger partial charge in [-0.3, -0.25) is 19.1 Å². The van der Waals surface area contributed by atoms with Crippen molar-refractivity contribution < 1.29 is 23.9 Å². The van der Waals surface area contributed by atoms with Crippen LogP contribution < -0.4 is 10.6 Å². The molecule has 10 heteroatoms. The van der Waals surface area contributed by atoms with Gasteiger partial charge in [0, 0.05) is 25.6 Å². The van der Waals surface area contributed by atoms with E-state index in [1.807, 2.05) is 30.3 Å². The molecule has 0 radical (unpaired) electrons. The van der Waals surface area contributed by atoms with Crippen molar-refractivity contribution in [1.29, 1.82) is 0 Å². The van der Waals surface area contributed by atoms with Crippen molar-refractivity contribution in [3.8, 4) is 0 Å². The third kappa shape index (κ3) is 6.22. The van der Waals surface area contributed by atoms with Crippen molar-refractivity contribution in [2.24, 2.45) is 11.8 Å². The van der Waals surface area contributed by atoms with Gasteiger partial charge in [0.15, 0.2) is 5.78 Å². The van der Waals surface area contributed by atoms with Crippen molar-refractivity contribution in [3.05, 3.63) is 47.8 Å². The number of fused-ring (bicyclic) bond motifs is 2. The molecule has 1 aliphatic heterocycles. The van der Waals surface area contributed by atoms with Gasteiger partial charge < -0.3 is 15.4 Å². The van der Waals surface area contributed by atoms with Crippen molar-refractivity contribution in [1.82, 2.24) is 25.6 Å². The minimum absolute atomic E-state index is 0.0499. The molecule has 2 N–H and O–H groups in total. The number of carbonyl (C=O) groups is 4. The molecule has 32 heavy (non-hydrogen) atoms. The van der Waals surface area contributed by atoms with E-state index in [0.29, 0.717) is 12.1 Å². The van der Waals surface area contributed by atoms with Crippen LogP contribution in [0.25, 0.3) is 0 Å². The highest BCUT2D eigenvalue weighted by atomic mass is 16.5. The van der Waals surface area contributed by atoms with E-state index in [1.54, 1.807) is 20.0 Å². The molecule has 3 rings (SSSR count). The first-order valence-corrected chi connectivity index (χ1v) is 10.5. The van der Waals surface area contributed by atoms with Gasteiger partial charge in [-0.05, 0) is 11.5 Å². The first-order valence-electron chi connectivity index (χ1n) is 10.5. The van der Waals surface area contributed by atoms with Gasteiger partial charge in [-0.2, -0.15) is 0 Å². The highest BCUT2D eigenvalue weighted by Crippen LogP contribution is 2.16. The van der Waals surface area contributed by atoms with E-state index in [4.69, 9.17) is 4.74 Å². The lowest BCUT2D eigenvalue weighted by Gasteiger charge is -2.23. The van der Waals surface area contributed by atoms with Crippen LogP contribution in [0.1, 0.15) is 31.5 Å². The molecule has 2 atom stereocenters. The quantitative estimate of drug-likeness (QED) is 0.614. The number of benzene rings is 1. The second-order valence-electron chi connectivity index (χ2n) is 8.10. The molecule has 2 amide bonds. The molecule has 2 aromatic rings. The van der Waals surface area contributed by atoms with E-state index in [0.717, 1.165) is 5.56 Å². The second-order valence-corrected chi connectivity index (χ2v) is 8.10. The first kappa shape index (κ1) is 23.1. The number of ether oxygens (including phenoxy) is 1. The second kappa shape index (κ2) is 10.7. The van der Waals surface area contributed by atoms with Crippen molar-refractivity contribution >= 4 is 23.6 Å². The third-order valence-corrected chi connectivity index (χ3v) is 5.20. The number of hydrogen-bond donors (Lipinski definition) is 2. The van der Waals surface area contributed by atoms with Crippen LogP contribution in [0.2, 0.25) is 0 Å². The topological polar surface area (TPSA) is 132 Å². The van der Waals surface area contributed by atoms with E-state index in [-0.39, 0.29) is 37.8 Å². The molecule has 0 saturated carbocycles. The summed E-state index contributed by atoms with van der Waals surface area (Å²) in [5, 5.41) is 13.1. The first-order chi connectivity index (χ1) is 15.3. The molecule has 10 nitrogen and oxygen atoms in total.